The fourth-order valence-corrected chi connectivity index (χ4v) is 2.60. The highest BCUT2D eigenvalue weighted by atomic mass is 35.5. The van der Waals surface area contributed by atoms with E-state index >= 15 is 0 Å². The van der Waals surface area contributed by atoms with Crippen LogP contribution in [0.2, 0.25) is 5.15 Å². The minimum absolute atomic E-state index is 0.539. The Bertz CT molecular complexity index is 595. The number of hydrogen-bond donors (Lipinski definition) is 0. The lowest BCUT2D eigenvalue weighted by atomic mass is 9.95. The molecule has 0 fully saturated rings. The summed E-state index contributed by atoms with van der Waals surface area (Å²) in [5, 5.41) is 0.539. The topological polar surface area (TPSA) is 25.8 Å². The van der Waals surface area contributed by atoms with Crippen LogP contribution in [0.1, 0.15) is 28.1 Å². The Morgan fingerprint density at radius 3 is 2.00 bits per heavy atom. The van der Waals surface area contributed by atoms with E-state index in [2.05, 4.69) is 42.9 Å². The Morgan fingerprint density at radius 2 is 1.44 bits per heavy atom. The number of aryl methyl sites for hydroxylation is 4. The molecule has 0 saturated heterocycles. The molecule has 18 heavy (non-hydrogen) atoms. The monoisotopic (exact) mass is 260 g/mol. The summed E-state index contributed by atoms with van der Waals surface area (Å²) < 4.78 is 0. The Kier molecular flexibility index (Phi) is 3.40. The molecule has 0 aliphatic heterocycles. The zero-order valence-corrected chi connectivity index (χ0v) is 12.2. The number of halogens is 1. The van der Waals surface area contributed by atoms with Gasteiger partial charge in [0.2, 0.25) is 0 Å². The Morgan fingerprint density at radius 1 is 0.889 bits per heavy atom. The van der Waals surface area contributed by atoms with Gasteiger partial charge in [0.1, 0.15) is 11.0 Å². The van der Waals surface area contributed by atoms with Crippen molar-refractivity contribution in [1.82, 2.24) is 9.97 Å². The van der Waals surface area contributed by atoms with Crippen LogP contribution in [0.3, 0.4) is 0 Å². The Labute approximate surface area is 113 Å². The third-order valence-corrected chi connectivity index (χ3v) is 3.48. The number of rotatable bonds is 1. The Balaban J connectivity index is 2.77. The van der Waals surface area contributed by atoms with E-state index in [4.69, 9.17) is 11.6 Å². The minimum Gasteiger partial charge on any atom is -0.233 e. The number of benzene rings is 1. The molecule has 0 bridgehead atoms. The first-order valence-electron chi connectivity index (χ1n) is 5.99. The fourth-order valence-electron chi connectivity index (χ4n) is 2.39. The standard InChI is InChI=1S/C15H17ClN2/c1-8-6-9(2)13(10(3)7-8)14-11(4)15(16)18-12(5)17-14/h6-7H,1-5H3. The minimum atomic E-state index is 0.539. The summed E-state index contributed by atoms with van der Waals surface area (Å²) in [6, 6.07) is 4.35. The van der Waals surface area contributed by atoms with E-state index in [1.165, 1.54) is 22.3 Å². The molecule has 0 saturated carbocycles. The predicted molar refractivity (Wildman–Crippen MR) is 76.2 cm³/mol. The van der Waals surface area contributed by atoms with Gasteiger partial charge in [0.05, 0.1) is 5.69 Å². The van der Waals surface area contributed by atoms with Gasteiger partial charge in [0.25, 0.3) is 0 Å². The summed E-state index contributed by atoms with van der Waals surface area (Å²) in [6.45, 7) is 10.2. The van der Waals surface area contributed by atoms with Gasteiger partial charge in [-0.25, -0.2) is 9.97 Å². The fraction of sp³-hybridized carbons (Fsp3) is 0.333. The van der Waals surface area contributed by atoms with E-state index in [1.54, 1.807) is 0 Å². The van der Waals surface area contributed by atoms with E-state index in [1.807, 2.05) is 13.8 Å². The smallest absolute Gasteiger partial charge is 0.136 e. The predicted octanol–water partition coefficient (Wildman–Crippen LogP) is 4.34. The summed E-state index contributed by atoms with van der Waals surface area (Å²) in [7, 11) is 0. The first kappa shape index (κ1) is 13.0. The van der Waals surface area contributed by atoms with Crippen molar-refractivity contribution in [3.63, 3.8) is 0 Å². The first-order chi connectivity index (χ1) is 8.40. The molecule has 94 valence electrons. The van der Waals surface area contributed by atoms with Crippen LogP contribution in [0, 0.1) is 34.6 Å². The lowest BCUT2D eigenvalue weighted by Crippen LogP contribution is -2.00. The van der Waals surface area contributed by atoms with Crippen molar-refractivity contribution >= 4 is 11.6 Å². The second kappa shape index (κ2) is 4.69. The molecular weight excluding hydrogens is 244 g/mol. The number of hydrogen-bond acceptors (Lipinski definition) is 2. The SMILES string of the molecule is Cc1cc(C)c(-c2nc(C)nc(Cl)c2C)c(C)c1. The van der Waals surface area contributed by atoms with Crippen molar-refractivity contribution in [2.75, 3.05) is 0 Å². The summed E-state index contributed by atoms with van der Waals surface area (Å²) in [5.74, 6) is 0.708. The van der Waals surface area contributed by atoms with E-state index in [0.29, 0.717) is 11.0 Å². The van der Waals surface area contributed by atoms with Gasteiger partial charge in [-0.05, 0) is 45.7 Å². The lowest BCUT2D eigenvalue weighted by molar-refractivity contribution is 1.03. The van der Waals surface area contributed by atoms with Crippen LogP contribution < -0.4 is 0 Å². The lowest BCUT2D eigenvalue weighted by Gasteiger charge is -2.14. The summed E-state index contributed by atoms with van der Waals surface area (Å²) in [5.41, 5.74) is 6.78. The maximum absolute atomic E-state index is 6.15. The van der Waals surface area contributed by atoms with E-state index in [0.717, 1.165) is 11.3 Å². The van der Waals surface area contributed by atoms with Gasteiger partial charge >= 0.3 is 0 Å². The van der Waals surface area contributed by atoms with Crippen molar-refractivity contribution < 1.29 is 0 Å². The maximum Gasteiger partial charge on any atom is 0.136 e. The third-order valence-electron chi connectivity index (χ3n) is 3.11. The maximum atomic E-state index is 6.15. The molecule has 1 aromatic carbocycles. The van der Waals surface area contributed by atoms with Crippen LogP contribution in [0.25, 0.3) is 11.3 Å². The van der Waals surface area contributed by atoms with E-state index in [-0.39, 0.29) is 0 Å². The second-order valence-corrected chi connectivity index (χ2v) is 5.17. The molecule has 0 aliphatic carbocycles. The summed E-state index contributed by atoms with van der Waals surface area (Å²) in [4.78, 5) is 8.75. The Hall–Kier alpha value is -1.41. The highest BCUT2D eigenvalue weighted by Crippen LogP contribution is 2.31. The van der Waals surface area contributed by atoms with Crippen LogP contribution in [0.5, 0.6) is 0 Å². The van der Waals surface area contributed by atoms with Gasteiger partial charge < -0.3 is 0 Å². The normalized spacial score (nSPS) is 10.8. The second-order valence-electron chi connectivity index (χ2n) is 4.81. The van der Waals surface area contributed by atoms with Gasteiger partial charge in [0, 0.05) is 11.1 Å². The quantitative estimate of drug-likeness (QED) is 0.713. The summed E-state index contributed by atoms with van der Waals surface area (Å²) >= 11 is 6.15. The van der Waals surface area contributed by atoms with Crippen LogP contribution >= 0.6 is 11.6 Å². The van der Waals surface area contributed by atoms with Crippen molar-refractivity contribution in [2.45, 2.75) is 34.6 Å². The van der Waals surface area contributed by atoms with Gasteiger partial charge in [-0.3, -0.25) is 0 Å². The van der Waals surface area contributed by atoms with Crippen LogP contribution in [-0.2, 0) is 0 Å². The molecule has 0 amide bonds. The van der Waals surface area contributed by atoms with Crippen LogP contribution in [0.4, 0.5) is 0 Å². The molecule has 1 aromatic heterocycles. The molecule has 3 heteroatoms. The van der Waals surface area contributed by atoms with Crippen molar-refractivity contribution in [1.29, 1.82) is 0 Å². The number of nitrogens with zero attached hydrogens (tertiary/aromatic N) is 2. The molecule has 0 atom stereocenters. The number of aromatic nitrogens is 2. The largest absolute Gasteiger partial charge is 0.233 e. The molecule has 2 nitrogen and oxygen atoms in total. The van der Waals surface area contributed by atoms with E-state index in [9.17, 15) is 0 Å². The molecule has 0 aliphatic rings. The van der Waals surface area contributed by atoms with Gasteiger partial charge in [-0.15, -0.1) is 0 Å². The van der Waals surface area contributed by atoms with Crippen molar-refractivity contribution in [3.05, 3.63) is 45.4 Å². The molecule has 2 aromatic rings. The highest BCUT2D eigenvalue weighted by Gasteiger charge is 2.14. The first-order valence-corrected chi connectivity index (χ1v) is 6.37. The third kappa shape index (κ3) is 2.25. The zero-order valence-electron chi connectivity index (χ0n) is 11.4. The van der Waals surface area contributed by atoms with Crippen LogP contribution in [0.15, 0.2) is 12.1 Å². The zero-order chi connectivity index (χ0) is 13.4. The molecule has 0 radical (unpaired) electrons. The molecule has 2 rings (SSSR count). The average Bonchev–Trinajstić information content (AvgIpc) is 2.23. The molecule has 1 heterocycles. The van der Waals surface area contributed by atoms with E-state index < -0.39 is 0 Å². The molecular formula is C15H17ClN2. The molecule has 0 unspecified atom stereocenters. The van der Waals surface area contributed by atoms with Crippen LogP contribution in [-0.4, -0.2) is 9.97 Å². The van der Waals surface area contributed by atoms with Gasteiger partial charge in [-0.1, -0.05) is 29.3 Å². The van der Waals surface area contributed by atoms with Gasteiger partial charge in [0.15, 0.2) is 0 Å². The molecule has 0 N–H and O–H groups in total. The summed E-state index contributed by atoms with van der Waals surface area (Å²) in [6.07, 6.45) is 0. The highest BCUT2D eigenvalue weighted by molar-refractivity contribution is 6.30. The average molecular weight is 261 g/mol. The molecule has 0 spiro atoms. The van der Waals surface area contributed by atoms with Crippen molar-refractivity contribution in [3.8, 4) is 11.3 Å². The van der Waals surface area contributed by atoms with Gasteiger partial charge in [-0.2, -0.15) is 0 Å². The van der Waals surface area contributed by atoms with Crippen molar-refractivity contribution in [2.24, 2.45) is 0 Å².